The van der Waals surface area contributed by atoms with E-state index in [2.05, 4.69) is 9.97 Å². The lowest BCUT2D eigenvalue weighted by molar-refractivity contribution is 0.206. The summed E-state index contributed by atoms with van der Waals surface area (Å²) < 4.78 is 4.97. The highest BCUT2D eigenvalue weighted by atomic mass is 35.5. The summed E-state index contributed by atoms with van der Waals surface area (Å²) in [4.78, 5) is 10.4. The lowest BCUT2D eigenvalue weighted by atomic mass is 10.5. The van der Waals surface area contributed by atoms with Gasteiger partial charge < -0.3 is 9.64 Å². The lowest BCUT2D eigenvalue weighted by Crippen LogP contribution is -2.23. The molecule has 0 aliphatic heterocycles. The first-order valence-electron chi connectivity index (χ1n) is 4.35. The van der Waals surface area contributed by atoms with Gasteiger partial charge in [0.25, 0.3) is 0 Å². The highest BCUT2D eigenvalue weighted by Crippen LogP contribution is 2.07. The van der Waals surface area contributed by atoms with Gasteiger partial charge in [0.15, 0.2) is 0 Å². The highest BCUT2D eigenvalue weighted by Gasteiger charge is 2.02. The molecule has 0 aliphatic rings. The van der Waals surface area contributed by atoms with Gasteiger partial charge >= 0.3 is 0 Å². The maximum Gasteiger partial charge on any atom is 0.146 e. The number of aromatic nitrogens is 2. The molecule has 0 fully saturated rings. The molecule has 0 bridgehead atoms. The molecular formula is C9H14ClN3O. The van der Waals surface area contributed by atoms with Gasteiger partial charge in [-0.3, -0.25) is 4.98 Å². The van der Waals surface area contributed by atoms with Crippen LogP contribution >= 0.6 is 11.6 Å². The summed E-state index contributed by atoms with van der Waals surface area (Å²) in [7, 11) is 3.62. The third-order valence-electron chi connectivity index (χ3n) is 1.85. The van der Waals surface area contributed by atoms with Crippen molar-refractivity contribution < 1.29 is 4.74 Å². The van der Waals surface area contributed by atoms with Crippen LogP contribution in [0, 0.1) is 0 Å². The van der Waals surface area contributed by atoms with E-state index in [9.17, 15) is 0 Å². The van der Waals surface area contributed by atoms with E-state index in [-0.39, 0.29) is 0 Å². The molecule has 5 heteroatoms. The first-order valence-corrected chi connectivity index (χ1v) is 4.88. The largest absolute Gasteiger partial charge is 0.383 e. The molecule has 0 saturated heterocycles. The summed E-state index contributed by atoms with van der Waals surface area (Å²) in [6.45, 7) is 1.47. The molecule has 0 unspecified atom stereocenters. The van der Waals surface area contributed by atoms with Crippen molar-refractivity contribution in [2.45, 2.75) is 5.88 Å². The lowest BCUT2D eigenvalue weighted by Gasteiger charge is -2.16. The van der Waals surface area contributed by atoms with Crippen molar-refractivity contribution in [1.82, 2.24) is 9.97 Å². The second-order valence-corrected chi connectivity index (χ2v) is 3.18. The molecular weight excluding hydrogens is 202 g/mol. The summed E-state index contributed by atoms with van der Waals surface area (Å²) in [5, 5.41) is 0. The van der Waals surface area contributed by atoms with E-state index >= 15 is 0 Å². The molecule has 0 radical (unpaired) electrons. The van der Waals surface area contributed by atoms with Gasteiger partial charge in [0.1, 0.15) is 5.82 Å². The molecule has 1 aromatic heterocycles. The Labute approximate surface area is 88.9 Å². The third-order valence-corrected chi connectivity index (χ3v) is 2.12. The number of methoxy groups -OCH3 is 1. The molecule has 4 nitrogen and oxygen atoms in total. The maximum atomic E-state index is 5.61. The zero-order chi connectivity index (χ0) is 10.4. The van der Waals surface area contributed by atoms with Gasteiger partial charge in [0.2, 0.25) is 0 Å². The zero-order valence-electron chi connectivity index (χ0n) is 8.40. The maximum absolute atomic E-state index is 5.61. The molecule has 0 N–H and O–H groups in total. The topological polar surface area (TPSA) is 38.2 Å². The smallest absolute Gasteiger partial charge is 0.146 e. The van der Waals surface area contributed by atoms with Crippen molar-refractivity contribution >= 4 is 17.4 Å². The van der Waals surface area contributed by atoms with Crippen molar-refractivity contribution in [3.8, 4) is 0 Å². The van der Waals surface area contributed by atoms with Gasteiger partial charge in [0.05, 0.1) is 30.6 Å². The number of likely N-dealkylation sites (N-methyl/N-ethyl adjacent to an activating group) is 1. The molecule has 1 aromatic rings. The number of hydrogen-bond donors (Lipinski definition) is 0. The standard InChI is InChI=1S/C9H14ClN3O/c1-13(3-4-14-2)9-7-11-8(5-10)6-12-9/h6-7H,3-5H2,1-2H3. The molecule has 1 rings (SSSR count). The predicted molar refractivity (Wildman–Crippen MR) is 56.7 cm³/mol. The Morgan fingerprint density at radius 1 is 1.43 bits per heavy atom. The molecule has 0 amide bonds. The van der Waals surface area contributed by atoms with E-state index < -0.39 is 0 Å². The Morgan fingerprint density at radius 2 is 2.21 bits per heavy atom. The minimum absolute atomic E-state index is 0.398. The van der Waals surface area contributed by atoms with E-state index in [1.165, 1.54) is 0 Å². The number of hydrogen-bond acceptors (Lipinski definition) is 4. The normalized spacial score (nSPS) is 10.2. The number of nitrogens with zero attached hydrogens (tertiary/aromatic N) is 3. The van der Waals surface area contributed by atoms with E-state index in [1.807, 2.05) is 11.9 Å². The molecule has 14 heavy (non-hydrogen) atoms. The first-order chi connectivity index (χ1) is 6.77. The predicted octanol–water partition coefficient (Wildman–Crippen LogP) is 1.30. The number of ether oxygens (including phenoxy) is 1. The quantitative estimate of drug-likeness (QED) is 0.694. The van der Waals surface area contributed by atoms with Gasteiger partial charge in [0, 0.05) is 20.7 Å². The fourth-order valence-electron chi connectivity index (χ4n) is 0.957. The molecule has 0 atom stereocenters. The SMILES string of the molecule is COCCN(C)c1cnc(CCl)cn1. The van der Waals surface area contributed by atoms with Crippen molar-refractivity contribution in [2.75, 3.05) is 32.2 Å². The third kappa shape index (κ3) is 3.12. The number of alkyl halides is 1. The Bertz CT molecular complexity index is 265. The van der Waals surface area contributed by atoms with Crippen LogP contribution in [0.15, 0.2) is 12.4 Å². The second-order valence-electron chi connectivity index (χ2n) is 2.91. The molecule has 0 saturated carbocycles. The fourth-order valence-corrected chi connectivity index (χ4v) is 1.09. The van der Waals surface area contributed by atoms with Crippen LogP contribution in [0.25, 0.3) is 0 Å². The number of halogens is 1. The monoisotopic (exact) mass is 215 g/mol. The van der Waals surface area contributed by atoms with Crippen LogP contribution in [0.1, 0.15) is 5.69 Å². The Hall–Kier alpha value is -0.870. The Balaban J connectivity index is 2.57. The van der Waals surface area contributed by atoms with E-state index in [1.54, 1.807) is 19.5 Å². The average Bonchev–Trinajstić information content (AvgIpc) is 2.26. The minimum atomic E-state index is 0.398. The van der Waals surface area contributed by atoms with Gasteiger partial charge in [-0.15, -0.1) is 11.6 Å². The molecule has 0 aliphatic carbocycles. The van der Waals surface area contributed by atoms with E-state index in [4.69, 9.17) is 16.3 Å². The number of rotatable bonds is 5. The molecule has 0 aromatic carbocycles. The molecule has 1 heterocycles. The average molecular weight is 216 g/mol. The van der Waals surface area contributed by atoms with Gasteiger partial charge in [-0.05, 0) is 0 Å². The first kappa shape index (κ1) is 11.2. The summed E-state index contributed by atoms with van der Waals surface area (Å²) in [6, 6.07) is 0. The van der Waals surface area contributed by atoms with Crippen LogP contribution < -0.4 is 4.90 Å². The Kier molecular flexibility index (Phi) is 4.62. The fraction of sp³-hybridized carbons (Fsp3) is 0.556. The van der Waals surface area contributed by atoms with Crippen molar-refractivity contribution in [1.29, 1.82) is 0 Å². The van der Waals surface area contributed by atoms with Crippen LogP contribution in [-0.4, -0.2) is 37.3 Å². The summed E-state index contributed by atoms with van der Waals surface area (Å²) in [6.07, 6.45) is 3.40. The van der Waals surface area contributed by atoms with Crippen LogP contribution in [0.2, 0.25) is 0 Å². The highest BCUT2D eigenvalue weighted by molar-refractivity contribution is 6.16. The summed E-state index contributed by atoms with van der Waals surface area (Å²) in [5.74, 6) is 1.23. The van der Waals surface area contributed by atoms with Crippen LogP contribution in [-0.2, 0) is 10.6 Å². The van der Waals surface area contributed by atoms with Gasteiger partial charge in [-0.2, -0.15) is 0 Å². The van der Waals surface area contributed by atoms with E-state index in [0.717, 1.165) is 18.1 Å². The van der Waals surface area contributed by atoms with Crippen molar-refractivity contribution in [3.63, 3.8) is 0 Å². The van der Waals surface area contributed by atoms with Crippen LogP contribution in [0.3, 0.4) is 0 Å². The van der Waals surface area contributed by atoms with Crippen LogP contribution in [0.5, 0.6) is 0 Å². The number of anilines is 1. The van der Waals surface area contributed by atoms with Crippen molar-refractivity contribution in [2.24, 2.45) is 0 Å². The van der Waals surface area contributed by atoms with Gasteiger partial charge in [-0.25, -0.2) is 4.98 Å². The minimum Gasteiger partial charge on any atom is -0.383 e. The van der Waals surface area contributed by atoms with Crippen molar-refractivity contribution in [3.05, 3.63) is 18.1 Å². The van der Waals surface area contributed by atoms with E-state index in [0.29, 0.717) is 12.5 Å². The molecule has 0 spiro atoms. The van der Waals surface area contributed by atoms with Gasteiger partial charge in [-0.1, -0.05) is 0 Å². The summed E-state index contributed by atoms with van der Waals surface area (Å²) in [5.41, 5.74) is 0.788. The Morgan fingerprint density at radius 3 is 2.71 bits per heavy atom. The van der Waals surface area contributed by atoms with Crippen LogP contribution in [0.4, 0.5) is 5.82 Å². The summed E-state index contributed by atoms with van der Waals surface area (Å²) >= 11 is 5.61. The molecule has 78 valence electrons. The second kappa shape index (κ2) is 5.78. The zero-order valence-corrected chi connectivity index (χ0v) is 9.16.